The number of nitrogens with one attached hydrogen (secondary N) is 3. The lowest BCUT2D eigenvalue weighted by Crippen LogP contribution is -2.19. The molecule has 0 aliphatic heterocycles. The Bertz CT molecular complexity index is 643. The molecule has 0 fully saturated rings. The van der Waals surface area contributed by atoms with Crippen LogP contribution < -0.4 is 16.4 Å². The van der Waals surface area contributed by atoms with E-state index in [1.165, 1.54) is 0 Å². The van der Waals surface area contributed by atoms with Gasteiger partial charge in [0.15, 0.2) is 0 Å². The fraction of sp³-hybridized carbons (Fsp3) is 0.154. The molecule has 0 aliphatic carbocycles. The predicted octanol–water partition coefficient (Wildman–Crippen LogP) is 1.77. The molecule has 2 aromatic rings. The summed E-state index contributed by atoms with van der Waals surface area (Å²) in [6.07, 6.45) is 0. The van der Waals surface area contributed by atoms with Crippen molar-refractivity contribution in [1.82, 2.24) is 10.2 Å². The number of carbonyl (C=O) groups is 2. The number of hydrogen-bond donors (Lipinski definition) is 4. The second-order valence-electron chi connectivity index (χ2n) is 4.33. The minimum Gasteiger partial charge on any atom is -0.351 e. The summed E-state index contributed by atoms with van der Waals surface area (Å²) in [5, 5.41) is 11.9. The Morgan fingerprint density at radius 2 is 1.85 bits per heavy atom. The summed E-state index contributed by atoms with van der Waals surface area (Å²) in [5.74, 6) is -0.259. The quantitative estimate of drug-likeness (QED) is 0.683. The van der Waals surface area contributed by atoms with Crippen molar-refractivity contribution in [2.24, 2.45) is 5.73 Å². The number of hydrogen-bond acceptors (Lipinski definition) is 3. The molecule has 1 heterocycles. The van der Waals surface area contributed by atoms with Crippen LogP contribution in [0.3, 0.4) is 0 Å². The first-order valence-corrected chi connectivity index (χ1v) is 5.97. The van der Waals surface area contributed by atoms with Gasteiger partial charge in [-0.3, -0.25) is 9.89 Å². The van der Waals surface area contributed by atoms with Crippen molar-refractivity contribution in [2.45, 2.75) is 13.8 Å². The van der Waals surface area contributed by atoms with Crippen molar-refractivity contribution in [2.75, 3.05) is 10.6 Å². The molecule has 7 heteroatoms. The van der Waals surface area contributed by atoms with Gasteiger partial charge in [0.05, 0.1) is 11.3 Å². The number of aromatic amines is 1. The van der Waals surface area contributed by atoms with Crippen LogP contribution in [0.2, 0.25) is 0 Å². The number of primary amides is 1. The summed E-state index contributed by atoms with van der Waals surface area (Å²) in [5.41, 5.74) is 7.95. The van der Waals surface area contributed by atoms with Gasteiger partial charge < -0.3 is 16.4 Å². The summed E-state index contributed by atoms with van der Waals surface area (Å²) in [4.78, 5) is 23.0. The summed E-state index contributed by atoms with van der Waals surface area (Å²) in [6, 6.07) is 6.06. The molecule has 5 N–H and O–H groups in total. The second-order valence-corrected chi connectivity index (χ2v) is 4.33. The van der Waals surface area contributed by atoms with Crippen LogP contribution in [0.4, 0.5) is 16.2 Å². The number of carbonyl (C=O) groups excluding carboxylic acids is 2. The standard InChI is InChI=1S/C13H15N5O2/c1-7-11(8(2)18-17-7)12(19)15-9-4-3-5-10(6-9)16-13(14)20/h3-6H,1-2H3,(H,15,19)(H,17,18)(H3,14,16,20). The van der Waals surface area contributed by atoms with Gasteiger partial charge in [0.25, 0.3) is 5.91 Å². The maximum Gasteiger partial charge on any atom is 0.316 e. The van der Waals surface area contributed by atoms with Crippen LogP contribution in [-0.4, -0.2) is 22.1 Å². The molecule has 3 amide bonds. The Hall–Kier alpha value is -2.83. The van der Waals surface area contributed by atoms with Gasteiger partial charge in [-0.25, -0.2) is 4.79 Å². The maximum atomic E-state index is 12.2. The van der Waals surface area contributed by atoms with Crippen molar-refractivity contribution in [1.29, 1.82) is 0 Å². The number of aromatic nitrogens is 2. The zero-order valence-corrected chi connectivity index (χ0v) is 11.2. The van der Waals surface area contributed by atoms with Gasteiger partial charge >= 0.3 is 6.03 Å². The highest BCUT2D eigenvalue weighted by Crippen LogP contribution is 2.17. The van der Waals surface area contributed by atoms with Crippen LogP contribution in [0.15, 0.2) is 24.3 Å². The molecular formula is C13H15N5O2. The average Bonchev–Trinajstić information content (AvgIpc) is 2.68. The van der Waals surface area contributed by atoms with Gasteiger partial charge in [0.1, 0.15) is 0 Å². The molecule has 0 radical (unpaired) electrons. The highest BCUT2D eigenvalue weighted by molar-refractivity contribution is 6.06. The lowest BCUT2D eigenvalue weighted by Gasteiger charge is -2.07. The first-order valence-electron chi connectivity index (χ1n) is 5.97. The smallest absolute Gasteiger partial charge is 0.316 e. The molecule has 2 rings (SSSR count). The number of urea groups is 1. The highest BCUT2D eigenvalue weighted by Gasteiger charge is 2.15. The van der Waals surface area contributed by atoms with E-state index >= 15 is 0 Å². The summed E-state index contributed by atoms with van der Waals surface area (Å²) < 4.78 is 0. The molecule has 0 atom stereocenters. The lowest BCUT2D eigenvalue weighted by atomic mass is 10.2. The minimum atomic E-state index is -0.657. The van der Waals surface area contributed by atoms with Crippen LogP contribution in [0.1, 0.15) is 21.7 Å². The van der Waals surface area contributed by atoms with E-state index in [2.05, 4.69) is 20.8 Å². The van der Waals surface area contributed by atoms with E-state index in [4.69, 9.17) is 5.73 Å². The molecule has 7 nitrogen and oxygen atoms in total. The Labute approximate surface area is 115 Å². The number of nitrogens with two attached hydrogens (primary N) is 1. The topological polar surface area (TPSA) is 113 Å². The molecule has 0 aliphatic rings. The fourth-order valence-electron chi connectivity index (χ4n) is 1.90. The van der Waals surface area contributed by atoms with Crippen LogP contribution in [-0.2, 0) is 0 Å². The zero-order chi connectivity index (χ0) is 14.7. The predicted molar refractivity (Wildman–Crippen MR) is 75.7 cm³/mol. The van der Waals surface area contributed by atoms with E-state index in [9.17, 15) is 9.59 Å². The number of aryl methyl sites for hydroxylation is 2. The largest absolute Gasteiger partial charge is 0.351 e. The van der Waals surface area contributed by atoms with E-state index in [1.807, 2.05) is 0 Å². The number of H-pyrrole nitrogens is 1. The number of benzene rings is 1. The number of amides is 3. The molecule has 0 unspecified atom stereocenters. The van der Waals surface area contributed by atoms with Crippen LogP contribution in [0, 0.1) is 13.8 Å². The van der Waals surface area contributed by atoms with Gasteiger partial charge in [0.2, 0.25) is 0 Å². The maximum absolute atomic E-state index is 12.2. The third-order valence-corrected chi connectivity index (χ3v) is 2.74. The van der Waals surface area contributed by atoms with Gasteiger partial charge in [-0.1, -0.05) is 6.07 Å². The van der Waals surface area contributed by atoms with Gasteiger partial charge in [0, 0.05) is 17.1 Å². The molecule has 0 bridgehead atoms. The van der Waals surface area contributed by atoms with E-state index < -0.39 is 6.03 Å². The van der Waals surface area contributed by atoms with E-state index in [0.717, 1.165) is 0 Å². The minimum absolute atomic E-state index is 0.259. The first kappa shape index (κ1) is 13.6. The summed E-state index contributed by atoms with van der Waals surface area (Å²) in [6.45, 7) is 3.53. The third-order valence-electron chi connectivity index (χ3n) is 2.74. The average molecular weight is 273 g/mol. The van der Waals surface area contributed by atoms with Crippen LogP contribution in [0.5, 0.6) is 0 Å². The van der Waals surface area contributed by atoms with Gasteiger partial charge in [-0.05, 0) is 32.0 Å². The SMILES string of the molecule is Cc1n[nH]c(C)c1C(=O)Nc1cccc(NC(N)=O)c1. The van der Waals surface area contributed by atoms with Gasteiger partial charge in [-0.15, -0.1) is 0 Å². The van der Waals surface area contributed by atoms with Crippen LogP contribution >= 0.6 is 0 Å². The molecule has 0 spiro atoms. The van der Waals surface area contributed by atoms with E-state index in [1.54, 1.807) is 38.1 Å². The van der Waals surface area contributed by atoms with Crippen molar-refractivity contribution < 1.29 is 9.59 Å². The molecule has 1 aromatic heterocycles. The molecule has 0 saturated heterocycles. The van der Waals surface area contributed by atoms with Crippen LogP contribution in [0.25, 0.3) is 0 Å². The Balaban J connectivity index is 2.18. The molecule has 1 aromatic carbocycles. The Kier molecular flexibility index (Phi) is 3.69. The van der Waals surface area contributed by atoms with Crippen molar-refractivity contribution >= 4 is 23.3 Å². The molecular weight excluding hydrogens is 258 g/mol. The zero-order valence-electron chi connectivity index (χ0n) is 11.2. The highest BCUT2D eigenvalue weighted by atomic mass is 16.2. The molecule has 104 valence electrons. The van der Waals surface area contributed by atoms with Crippen molar-refractivity contribution in [3.8, 4) is 0 Å². The second kappa shape index (κ2) is 5.43. The van der Waals surface area contributed by atoms with Crippen molar-refractivity contribution in [3.05, 3.63) is 41.2 Å². The lowest BCUT2D eigenvalue weighted by molar-refractivity contribution is 0.102. The van der Waals surface area contributed by atoms with E-state index in [-0.39, 0.29) is 5.91 Å². The Morgan fingerprint density at radius 1 is 1.20 bits per heavy atom. The Morgan fingerprint density at radius 3 is 2.40 bits per heavy atom. The third kappa shape index (κ3) is 2.94. The molecule has 20 heavy (non-hydrogen) atoms. The number of nitrogens with zero attached hydrogens (tertiary/aromatic N) is 1. The normalized spacial score (nSPS) is 10.1. The van der Waals surface area contributed by atoms with Crippen molar-refractivity contribution in [3.63, 3.8) is 0 Å². The first-order chi connectivity index (χ1) is 9.47. The van der Waals surface area contributed by atoms with E-state index in [0.29, 0.717) is 28.3 Å². The molecule has 0 saturated carbocycles. The number of anilines is 2. The summed E-state index contributed by atoms with van der Waals surface area (Å²) in [7, 11) is 0. The summed E-state index contributed by atoms with van der Waals surface area (Å²) >= 11 is 0. The monoisotopic (exact) mass is 273 g/mol. The fourth-order valence-corrected chi connectivity index (χ4v) is 1.90. The number of rotatable bonds is 3. The van der Waals surface area contributed by atoms with Gasteiger partial charge in [-0.2, -0.15) is 5.10 Å².